The van der Waals surface area contributed by atoms with Crippen molar-refractivity contribution in [3.8, 4) is 5.75 Å². The molecule has 1 aromatic rings. The third-order valence-electron chi connectivity index (χ3n) is 3.52. The summed E-state index contributed by atoms with van der Waals surface area (Å²) < 4.78 is 6.10. The van der Waals surface area contributed by atoms with Crippen molar-refractivity contribution in [1.29, 1.82) is 0 Å². The molecule has 0 amide bonds. The van der Waals surface area contributed by atoms with E-state index in [2.05, 4.69) is 30.4 Å². The number of fused-ring (bicyclic) bond motifs is 2. The summed E-state index contributed by atoms with van der Waals surface area (Å²) in [6.07, 6.45) is 5.49. The monoisotopic (exact) mass is 203 g/mol. The van der Waals surface area contributed by atoms with E-state index in [1.807, 2.05) is 0 Å². The Kier molecular flexibility index (Phi) is 2.08. The quantitative estimate of drug-likeness (QED) is 0.699. The van der Waals surface area contributed by atoms with Gasteiger partial charge in [0.05, 0.1) is 11.7 Å². The number of anilines is 1. The highest BCUT2D eigenvalue weighted by atomic mass is 16.5. The molecule has 0 bridgehead atoms. The van der Waals surface area contributed by atoms with Crippen LogP contribution in [0.2, 0.25) is 0 Å². The van der Waals surface area contributed by atoms with Gasteiger partial charge in [0, 0.05) is 0 Å². The lowest BCUT2D eigenvalue weighted by Crippen LogP contribution is -2.43. The second-order valence-corrected chi connectivity index (χ2v) is 4.64. The van der Waals surface area contributed by atoms with Crippen LogP contribution in [0, 0.1) is 6.92 Å². The van der Waals surface area contributed by atoms with Gasteiger partial charge in [-0.1, -0.05) is 18.6 Å². The minimum absolute atomic E-state index is 0.396. The van der Waals surface area contributed by atoms with Gasteiger partial charge in [-0.05, 0) is 37.8 Å². The minimum Gasteiger partial charge on any atom is -0.486 e. The van der Waals surface area contributed by atoms with Gasteiger partial charge in [0.1, 0.15) is 11.9 Å². The lowest BCUT2D eigenvalue weighted by molar-refractivity contribution is 0.130. The Labute approximate surface area is 90.6 Å². The molecule has 1 aliphatic carbocycles. The molecule has 3 rings (SSSR count). The Morgan fingerprint density at radius 2 is 2.13 bits per heavy atom. The maximum absolute atomic E-state index is 6.10. The van der Waals surface area contributed by atoms with E-state index in [1.165, 1.54) is 36.9 Å². The zero-order valence-corrected chi connectivity index (χ0v) is 9.12. The summed E-state index contributed by atoms with van der Waals surface area (Å²) in [5.41, 5.74) is 2.42. The number of benzene rings is 1. The maximum Gasteiger partial charge on any atom is 0.145 e. The van der Waals surface area contributed by atoms with Crippen LogP contribution in [0.5, 0.6) is 5.75 Å². The molecule has 1 aliphatic heterocycles. The first-order chi connectivity index (χ1) is 7.34. The molecule has 0 saturated heterocycles. The van der Waals surface area contributed by atoms with Crippen LogP contribution in [-0.4, -0.2) is 12.1 Å². The van der Waals surface area contributed by atoms with Crippen molar-refractivity contribution in [2.24, 2.45) is 0 Å². The summed E-state index contributed by atoms with van der Waals surface area (Å²) in [5.74, 6) is 1.07. The molecule has 1 N–H and O–H groups in total. The summed E-state index contributed by atoms with van der Waals surface area (Å²) in [4.78, 5) is 0. The standard InChI is InChI=1S/C13H17NO/c1-9-5-4-7-11-13(9)15-12-8-3-2-6-10(12)14-11/h4-5,7,10,12,14H,2-3,6,8H2,1H3. The van der Waals surface area contributed by atoms with E-state index in [9.17, 15) is 0 Å². The highest BCUT2D eigenvalue weighted by molar-refractivity contribution is 5.62. The fourth-order valence-electron chi connectivity index (χ4n) is 2.68. The van der Waals surface area contributed by atoms with E-state index in [1.54, 1.807) is 0 Å². The average molecular weight is 203 g/mol. The van der Waals surface area contributed by atoms with Gasteiger partial charge in [0.25, 0.3) is 0 Å². The Balaban J connectivity index is 1.95. The maximum atomic E-state index is 6.10. The van der Waals surface area contributed by atoms with E-state index in [4.69, 9.17) is 4.74 Å². The van der Waals surface area contributed by atoms with Gasteiger partial charge in [-0.15, -0.1) is 0 Å². The second-order valence-electron chi connectivity index (χ2n) is 4.64. The van der Waals surface area contributed by atoms with E-state index in [0.29, 0.717) is 12.1 Å². The number of aryl methyl sites for hydroxylation is 1. The van der Waals surface area contributed by atoms with Crippen molar-refractivity contribution in [3.63, 3.8) is 0 Å². The summed E-state index contributed by atoms with van der Waals surface area (Å²) >= 11 is 0. The van der Waals surface area contributed by atoms with Crippen molar-refractivity contribution in [2.45, 2.75) is 44.8 Å². The highest BCUT2D eigenvalue weighted by Crippen LogP contribution is 2.38. The molecule has 80 valence electrons. The topological polar surface area (TPSA) is 21.3 Å². The first-order valence-electron chi connectivity index (χ1n) is 5.87. The molecule has 1 fully saturated rings. The van der Waals surface area contributed by atoms with Gasteiger partial charge in [-0.3, -0.25) is 0 Å². The van der Waals surface area contributed by atoms with Gasteiger partial charge in [-0.25, -0.2) is 0 Å². The van der Waals surface area contributed by atoms with Gasteiger partial charge >= 0.3 is 0 Å². The van der Waals surface area contributed by atoms with Crippen molar-refractivity contribution in [3.05, 3.63) is 23.8 Å². The van der Waals surface area contributed by atoms with Crippen LogP contribution in [0.1, 0.15) is 31.2 Å². The third kappa shape index (κ3) is 1.48. The molecule has 2 atom stereocenters. The van der Waals surface area contributed by atoms with Crippen LogP contribution in [0.15, 0.2) is 18.2 Å². The van der Waals surface area contributed by atoms with Gasteiger partial charge in [0.2, 0.25) is 0 Å². The van der Waals surface area contributed by atoms with E-state index >= 15 is 0 Å². The van der Waals surface area contributed by atoms with Crippen LogP contribution in [0.25, 0.3) is 0 Å². The van der Waals surface area contributed by atoms with E-state index < -0.39 is 0 Å². The van der Waals surface area contributed by atoms with Gasteiger partial charge in [-0.2, -0.15) is 0 Å². The van der Waals surface area contributed by atoms with Crippen LogP contribution in [0.3, 0.4) is 0 Å². The van der Waals surface area contributed by atoms with Gasteiger partial charge in [0.15, 0.2) is 0 Å². The Morgan fingerprint density at radius 3 is 3.07 bits per heavy atom. The molecule has 0 radical (unpaired) electrons. The second kappa shape index (κ2) is 3.44. The Hall–Kier alpha value is -1.18. The van der Waals surface area contributed by atoms with Crippen molar-refractivity contribution < 1.29 is 4.74 Å². The minimum atomic E-state index is 0.396. The van der Waals surface area contributed by atoms with Crippen LogP contribution in [-0.2, 0) is 0 Å². The lowest BCUT2D eigenvalue weighted by atomic mass is 9.90. The third-order valence-corrected chi connectivity index (χ3v) is 3.52. The fourth-order valence-corrected chi connectivity index (χ4v) is 2.68. The highest BCUT2D eigenvalue weighted by Gasteiger charge is 2.31. The zero-order valence-electron chi connectivity index (χ0n) is 9.12. The summed E-state index contributed by atoms with van der Waals surface area (Å²) in [6.45, 7) is 2.11. The normalized spacial score (nSPS) is 28.3. The Morgan fingerprint density at radius 1 is 1.27 bits per heavy atom. The van der Waals surface area contributed by atoms with Crippen molar-refractivity contribution in [2.75, 3.05) is 5.32 Å². The molecule has 2 unspecified atom stereocenters. The van der Waals surface area contributed by atoms with Crippen LogP contribution >= 0.6 is 0 Å². The first-order valence-corrected chi connectivity index (χ1v) is 5.87. The number of rotatable bonds is 0. The fraction of sp³-hybridized carbons (Fsp3) is 0.538. The summed E-state index contributed by atoms with van der Waals surface area (Å²) in [6, 6.07) is 6.86. The molecule has 0 aromatic heterocycles. The van der Waals surface area contributed by atoms with E-state index in [0.717, 1.165) is 5.75 Å². The SMILES string of the molecule is Cc1cccc2c1OC1CCCCC1N2. The predicted molar refractivity (Wildman–Crippen MR) is 61.5 cm³/mol. The largest absolute Gasteiger partial charge is 0.486 e. The van der Waals surface area contributed by atoms with Crippen LogP contribution < -0.4 is 10.1 Å². The number of hydrogen-bond donors (Lipinski definition) is 1. The smallest absolute Gasteiger partial charge is 0.145 e. The zero-order chi connectivity index (χ0) is 10.3. The molecule has 0 spiro atoms. The summed E-state index contributed by atoms with van der Waals surface area (Å²) in [7, 11) is 0. The molecular weight excluding hydrogens is 186 g/mol. The predicted octanol–water partition coefficient (Wildman–Crippen LogP) is 3.11. The molecule has 2 heteroatoms. The molecule has 1 aromatic carbocycles. The number of ether oxygens (including phenoxy) is 1. The lowest BCUT2D eigenvalue weighted by Gasteiger charge is -2.38. The van der Waals surface area contributed by atoms with Crippen LogP contribution in [0.4, 0.5) is 5.69 Å². The number of para-hydroxylation sites is 1. The molecule has 2 nitrogen and oxygen atoms in total. The molecular formula is C13H17NO. The average Bonchev–Trinajstić information content (AvgIpc) is 2.27. The van der Waals surface area contributed by atoms with E-state index in [-0.39, 0.29) is 0 Å². The first kappa shape index (κ1) is 9.08. The molecule has 1 heterocycles. The van der Waals surface area contributed by atoms with Crippen molar-refractivity contribution >= 4 is 5.69 Å². The summed E-state index contributed by atoms with van der Waals surface area (Å²) in [5, 5.41) is 3.61. The Bertz CT molecular complexity index is 375. The number of nitrogens with one attached hydrogen (secondary N) is 1. The van der Waals surface area contributed by atoms with Gasteiger partial charge < -0.3 is 10.1 Å². The molecule has 1 saturated carbocycles. The molecule has 2 aliphatic rings. The molecule has 15 heavy (non-hydrogen) atoms. The van der Waals surface area contributed by atoms with Crippen molar-refractivity contribution in [1.82, 2.24) is 0 Å². The number of hydrogen-bond acceptors (Lipinski definition) is 2.